The molecule has 0 aromatic carbocycles. The van der Waals surface area contributed by atoms with E-state index < -0.39 is 0 Å². The second-order valence-electron chi connectivity index (χ2n) is 7.61. The molecule has 1 N–H and O–H groups in total. The Labute approximate surface area is 125 Å². The quantitative estimate of drug-likeness (QED) is 0.841. The minimum atomic E-state index is 0.802. The number of nitrogens with one attached hydrogen (secondary N) is 1. The third kappa shape index (κ3) is 3.57. The molecule has 0 radical (unpaired) electrons. The van der Waals surface area contributed by atoms with Crippen LogP contribution in [0.3, 0.4) is 0 Å². The first-order valence-corrected chi connectivity index (χ1v) is 9.32. The smallest absolute Gasteiger partial charge is 0.0124 e. The van der Waals surface area contributed by atoms with E-state index in [1.807, 2.05) is 0 Å². The van der Waals surface area contributed by atoms with Crippen LogP contribution in [0.4, 0.5) is 0 Å². The summed E-state index contributed by atoms with van der Waals surface area (Å²) in [4.78, 5) is 2.83. The standard InChI is InChI=1S/C18H34N2/c1-15-7-2-4-10-17(15)19-12-14-20-13-6-9-16-8-3-5-11-18(16)20/h15-19H,2-14H2,1H3/t15?,16-,17?,18-/m1/s1. The number of nitrogens with zero attached hydrogens (tertiary/aromatic N) is 1. The molecule has 0 aromatic rings. The topological polar surface area (TPSA) is 15.3 Å². The van der Waals surface area contributed by atoms with Crippen molar-refractivity contribution in [2.45, 2.75) is 83.2 Å². The number of hydrogen-bond donors (Lipinski definition) is 1. The lowest BCUT2D eigenvalue weighted by Crippen LogP contribution is -2.50. The zero-order chi connectivity index (χ0) is 13.8. The van der Waals surface area contributed by atoms with Gasteiger partial charge in [-0.25, -0.2) is 0 Å². The molecule has 2 unspecified atom stereocenters. The van der Waals surface area contributed by atoms with Crippen LogP contribution in [0.5, 0.6) is 0 Å². The van der Waals surface area contributed by atoms with Crippen molar-refractivity contribution in [3.8, 4) is 0 Å². The third-order valence-electron chi connectivity index (χ3n) is 6.28. The molecule has 0 aromatic heterocycles. The Hall–Kier alpha value is -0.0800. The summed E-state index contributed by atoms with van der Waals surface area (Å²) in [6, 6.07) is 1.73. The van der Waals surface area contributed by atoms with Gasteiger partial charge in [-0.15, -0.1) is 0 Å². The van der Waals surface area contributed by atoms with E-state index in [4.69, 9.17) is 0 Å². The predicted octanol–water partition coefficient (Wildman–Crippen LogP) is 3.81. The molecule has 2 aliphatic carbocycles. The van der Waals surface area contributed by atoms with Gasteiger partial charge in [-0.3, -0.25) is 4.90 Å². The van der Waals surface area contributed by atoms with E-state index in [1.165, 1.54) is 83.8 Å². The molecule has 4 atom stereocenters. The van der Waals surface area contributed by atoms with Crippen LogP contribution in [-0.4, -0.2) is 36.6 Å². The summed E-state index contributed by atoms with van der Waals surface area (Å²) in [6.45, 7) is 6.32. The lowest BCUT2D eigenvalue weighted by molar-refractivity contribution is 0.0603. The molecule has 116 valence electrons. The van der Waals surface area contributed by atoms with E-state index in [-0.39, 0.29) is 0 Å². The van der Waals surface area contributed by atoms with Gasteiger partial charge in [-0.1, -0.05) is 32.6 Å². The first-order valence-electron chi connectivity index (χ1n) is 9.32. The highest BCUT2D eigenvalue weighted by molar-refractivity contribution is 4.88. The molecule has 1 saturated heterocycles. The molecule has 2 heteroatoms. The van der Waals surface area contributed by atoms with Gasteiger partial charge in [0.1, 0.15) is 0 Å². The minimum absolute atomic E-state index is 0.802. The SMILES string of the molecule is CC1CCCCC1NCCN1CCC[C@H]2CCCC[C@H]21. The molecule has 3 fully saturated rings. The van der Waals surface area contributed by atoms with Crippen molar-refractivity contribution in [2.24, 2.45) is 11.8 Å². The molecule has 0 bridgehead atoms. The third-order valence-corrected chi connectivity index (χ3v) is 6.28. The van der Waals surface area contributed by atoms with Crippen LogP contribution in [0.2, 0.25) is 0 Å². The number of hydrogen-bond acceptors (Lipinski definition) is 2. The lowest BCUT2D eigenvalue weighted by Gasteiger charge is -2.44. The molecule has 0 spiro atoms. The maximum atomic E-state index is 3.87. The molecule has 2 nitrogen and oxygen atoms in total. The number of piperidine rings is 1. The maximum absolute atomic E-state index is 3.87. The van der Waals surface area contributed by atoms with Crippen LogP contribution in [0.1, 0.15) is 71.1 Å². The minimum Gasteiger partial charge on any atom is -0.312 e. The summed E-state index contributed by atoms with van der Waals surface area (Å²) in [7, 11) is 0. The average molecular weight is 278 g/mol. The van der Waals surface area contributed by atoms with Gasteiger partial charge in [0.25, 0.3) is 0 Å². The van der Waals surface area contributed by atoms with Gasteiger partial charge in [0, 0.05) is 25.2 Å². The van der Waals surface area contributed by atoms with Gasteiger partial charge in [-0.2, -0.15) is 0 Å². The summed E-state index contributed by atoms with van der Waals surface area (Å²) in [5, 5.41) is 3.87. The molecular weight excluding hydrogens is 244 g/mol. The molecular formula is C18H34N2. The Bertz CT molecular complexity index is 289. The van der Waals surface area contributed by atoms with Gasteiger partial charge in [0.15, 0.2) is 0 Å². The van der Waals surface area contributed by atoms with Crippen molar-refractivity contribution in [3.63, 3.8) is 0 Å². The fraction of sp³-hybridized carbons (Fsp3) is 1.00. The highest BCUT2D eigenvalue weighted by Crippen LogP contribution is 2.35. The predicted molar refractivity (Wildman–Crippen MR) is 86.0 cm³/mol. The van der Waals surface area contributed by atoms with Crippen molar-refractivity contribution in [3.05, 3.63) is 0 Å². The van der Waals surface area contributed by atoms with E-state index >= 15 is 0 Å². The Morgan fingerprint density at radius 3 is 2.55 bits per heavy atom. The molecule has 1 aliphatic heterocycles. The summed E-state index contributed by atoms with van der Waals surface area (Å²) >= 11 is 0. The molecule has 0 amide bonds. The van der Waals surface area contributed by atoms with E-state index in [1.54, 1.807) is 0 Å². The number of rotatable bonds is 4. The molecule has 3 aliphatic rings. The van der Waals surface area contributed by atoms with Crippen LogP contribution in [0.15, 0.2) is 0 Å². The Kier molecular flexibility index (Phi) is 5.39. The van der Waals surface area contributed by atoms with E-state index in [0.29, 0.717) is 0 Å². The summed E-state index contributed by atoms with van der Waals surface area (Å²) in [5.41, 5.74) is 0. The fourth-order valence-corrected chi connectivity index (χ4v) is 5.02. The van der Waals surface area contributed by atoms with E-state index in [9.17, 15) is 0 Å². The van der Waals surface area contributed by atoms with Crippen LogP contribution < -0.4 is 5.32 Å². The van der Waals surface area contributed by atoms with Gasteiger partial charge in [-0.05, 0) is 56.9 Å². The van der Waals surface area contributed by atoms with Gasteiger partial charge in [0.2, 0.25) is 0 Å². The molecule has 1 heterocycles. The second-order valence-corrected chi connectivity index (χ2v) is 7.61. The lowest BCUT2D eigenvalue weighted by atomic mass is 9.78. The van der Waals surface area contributed by atoms with Crippen LogP contribution in [0, 0.1) is 11.8 Å². The van der Waals surface area contributed by atoms with Crippen LogP contribution >= 0.6 is 0 Å². The van der Waals surface area contributed by atoms with E-state index in [2.05, 4.69) is 17.1 Å². The normalized spacial score (nSPS) is 39.5. The second kappa shape index (κ2) is 7.26. The summed E-state index contributed by atoms with van der Waals surface area (Å²) in [6.07, 6.45) is 14.6. The molecule has 3 rings (SSSR count). The van der Waals surface area contributed by atoms with E-state index in [0.717, 1.165) is 23.9 Å². The highest BCUT2D eigenvalue weighted by Gasteiger charge is 2.32. The van der Waals surface area contributed by atoms with Crippen molar-refractivity contribution in [1.29, 1.82) is 0 Å². The molecule has 2 saturated carbocycles. The summed E-state index contributed by atoms with van der Waals surface area (Å²) < 4.78 is 0. The Balaban J connectivity index is 1.43. The number of fused-ring (bicyclic) bond motifs is 1. The Morgan fingerprint density at radius 1 is 0.900 bits per heavy atom. The molecule has 20 heavy (non-hydrogen) atoms. The van der Waals surface area contributed by atoms with Crippen molar-refractivity contribution >= 4 is 0 Å². The van der Waals surface area contributed by atoms with Crippen LogP contribution in [-0.2, 0) is 0 Å². The zero-order valence-corrected chi connectivity index (χ0v) is 13.4. The first kappa shape index (κ1) is 14.8. The largest absolute Gasteiger partial charge is 0.312 e. The highest BCUT2D eigenvalue weighted by atomic mass is 15.2. The average Bonchev–Trinajstić information content (AvgIpc) is 2.49. The van der Waals surface area contributed by atoms with Crippen molar-refractivity contribution in [1.82, 2.24) is 10.2 Å². The fourth-order valence-electron chi connectivity index (χ4n) is 5.02. The number of likely N-dealkylation sites (tertiary alicyclic amines) is 1. The van der Waals surface area contributed by atoms with Crippen molar-refractivity contribution < 1.29 is 0 Å². The zero-order valence-electron chi connectivity index (χ0n) is 13.4. The summed E-state index contributed by atoms with van der Waals surface area (Å²) in [5.74, 6) is 1.93. The Morgan fingerprint density at radius 2 is 1.65 bits per heavy atom. The van der Waals surface area contributed by atoms with Gasteiger partial charge < -0.3 is 5.32 Å². The monoisotopic (exact) mass is 278 g/mol. The van der Waals surface area contributed by atoms with Crippen LogP contribution in [0.25, 0.3) is 0 Å². The van der Waals surface area contributed by atoms with Crippen molar-refractivity contribution in [2.75, 3.05) is 19.6 Å². The van der Waals surface area contributed by atoms with Gasteiger partial charge in [0.05, 0.1) is 0 Å². The van der Waals surface area contributed by atoms with Gasteiger partial charge >= 0.3 is 0 Å². The maximum Gasteiger partial charge on any atom is 0.0124 e. The first-order chi connectivity index (χ1) is 9.84.